The number of rotatable bonds is 7. The predicted molar refractivity (Wildman–Crippen MR) is 112 cm³/mol. The van der Waals surface area contributed by atoms with Gasteiger partial charge >= 0.3 is 0 Å². The van der Waals surface area contributed by atoms with Crippen molar-refractivity contribution < 1.29 is 4.74 Å². The number of hydrogen-bond acceptors (Lipinski definition) is 3. The van der Waals surface area contributed by atoms with Crippen molar-refractivity contribution in [3.05, 3.63) is 29.8 Å². The third kappa shape index (κ3) is 4.86. The molecule has 0 saturated carbocycles. The molecule has 0 aliphatic carbocycles. The molecule has 3 nitrogen and oxygen atoms in total. The zero-order chi connectivity index (χ0) is 18.5. The molecule has 0 N–H and O–H groups in total. The van der Waals surface area contributed by atoms with Crippen LogP contribution in [0.2, 0.25) is 0 Å². The van der Waals surface area contributed by atoms with Gasteiger partial charge in [-0.3, -0.25) is 4.90 Å². The molecule has 0 aromatic heterocycles. The molecule has 27 heavy (non-hydrogen) atoms. The Hall–Kier alpha value is -1.06. The van der Waals surface area contributed by atoms with Crippen LogP contribution in [0, 0.1) is 0 Å². The van der Waals surface area contributed by atoms with Gasteiger partial charge in [-0.15, -0.1) is 0 Å². The van der Waals surface area contributed by atoms with E-state index in [4.69, 9.17) is 4.74 Å². The first-order valence-corrected chi connectivity index (χ1v) is 11.5. The molecule has 3 heterocycles. The van der Waals surface area contributed by atoms with E-state index in [1.54, 1.807) is 0 Å². The van der Waals surface area contributed by atoms with Crippen molar-refractivity contribution in [2.24, 2.45) is 0 Å². The van der Waals surface area contributed by atoms with Crippen LogP contribution in [0.5, 0.6) is 5.75 Å². The first kappa shape index (κ1) is 19.3. The molecule has 3 atom stereocenters. The fraction of sp³-hybridized carbons (Fsp3) is 0.750. The number of ether oxygens (including phenoxy) is 1. The molecule has 0 bridgehead atoms. The van der Waals surface area contributed by atoms with E-state index in [2.05, 4.69) is 41.0 Å². The van der Waals surface area contributed by atoms with Gasteiger partial charge in [-0.25, -0.2) is 0 Å². The monoisotopic (exact) mass is 370 g/mol. The minimum absolute atomic E-state index is 0.644. The Morgan fingerprint density at radius 3 is 2.52 bits per heavy atom. The maximum absolute atomic E-state index is 6.04. The van der Waals surface area contributed by atoms with Gasteiger partial charge in [-0.2, -0.15) is 0 Å². The molecule has 0 amide bonds. The van der Waals surface area contributed by atoms with E-state index < -0.39 is 0 Å². The Bertz CT molecular complexity index is 566. The largest absolute Gasteiger partial charge is 0.494 e. The highest BCUT2D eigenvalue weighted by Gasteiger charge is 2.34. The van der Waals surface area contributed by atoms with Crippen molar-refractivity contribution in [3.8, 4) is 5.75 Å². The predicted octanol–water partition coefficient (Wildman–Crippen LogP) is 5.41. The molecular formula is C24H38N2O. The number of likely N-dealkylation sites (tertiary alicyclic amines) is 1. The van der Waals surface area contributed by atoms with Crippen molar-refractivity contribution in [1.82, 2.24) is 9.80 Å². The van der Waals surface area contributed by atoms with Crippen LogP contribution in [0.1, 0.15) is 82.7 Å². The summed E-state index contributed by atoms with van der Waals surface area (Å²) in [5, 5.41) is 0. The quantitative estimate of drug-likeness (QED) is 0.597. The topological polar surface area (TPSA) is 15.7 Å². The Kier molecular flexibility index (Phi) is 6.73. The average molecular weight is 371 g/mol. The van der Waals surface area contributed by atoms with Gasteiger partial charge in [0.2, 0.25) is 0 Å². The van der Waals surface area contributed by atoms with Crippen LogP contribution in [-0.4, -0.2) is 48.1 Å². The fourth-order valence-electron chi connectivity index (χ4n) is 5.55. The second-order valence-corrected chi connectivity index (χ2v) is 8.99. The van der Waals surface area contributed by atoms with E-state index in [1.807, 2.05) is 0 Å². The number of fused-ring (bicyclic) bond motifs is 1. The highest BCUT2D eigenvalue weighted by Crippen LogP contribution is 2.39. The zero-order valence-electron chi connectivity index (χ0n) is 17.2. The first-order valence-electron chi connectivity index (χ1n) is 11.5. The lowest BCUT2D eigenvalue weighted by molar-refractivity contribution is 0.123. The van der Waals surface area contributed by atoms with Crippen molar-refractivity contribution in [3.63, 3.8) is 0 Å². The summed E-state index contributed by atoms with van der Waals surface area (Å²) in [5.41, 5.74) is 1.49. The van der Waals surface area contributed by atoms with Crippen LogP contribution >= 0.6 is 0 Å². The van der Waals surface area contributed by atoms with Crippen molar-refractivity contribution in [2.45, 2.75) is 89.3 Å². The lowest BCUT2D eigenvalue weighted by Gasteiger charge is -2.38. The third-order valence-corrected chi connectivity index (χ3v) is 7.15. The second kappa shape index (κ2) is 9.43. The molecule has 3 fully saturated rings. The van der Waals surface area contributed by atoms with Crippen molar-refractivity contribution in [1.29, 1.82) is 0 Å². The summed E-state index contributed by atoms with van der Waals surface area (Å²) in [7, 11) is 0. The lowest BCUT2D eigenvalue weighted by atomic mass is 9.92. The fourth-order valence-corrected chi connectivity index (χ4v) is 5.55. The molecule has 0 spiro atoms. The van der Waals surface area contributed by atoms with Gasteiger partial charge in [0, 0.05) is 18.1 Å². The minimum atomic E-state index is 0.644. The number of piperidine rings is 2. The average Bonchev–Trinajstić information content (AvgIpc) is 3.21. The van der Waals surface area contributed by atoms with Crippen LogP contribution in [-0.2, 0) is 0 Å². The van der Waals surface area contributed by atoms with Crippen LogP contribution in [0.15, 0.2) is 24.3 Å². The Morgan fingerprint density at radius 1 is 0.926 bits per heavy atom. The van der Waals surface area contributed by atoms with Gasteiger partial charge in [0.05, 0.1) is 6.61 Å². The van der Waals surface area contributed by atoms with E-state index in [0.717, 1.165) is 24.8 Å². The Morgan fingerprint density at radius 2 is 1.70 bits per heavy atom. The summed E-state index contributed by atoms with van der Waals surface area (Å²) in [6.07, 6.45) is 13.5. The normalized spacial score (nSPS) is 28.0. The molecule has 3 aliphatic heterocycles. The van der Waals surface area contributed by atoms with E-state index in [-0.39, 0.29) is 0 Å². The minimum Gasteiger partial charge on any atom is -0.494 e. The summed E-state index contributed by atoms with van der Waals surface area (Å²) in [4.78, 5) is 5.43. The summed E-state index contributed by atoms with van der Waals surface area (Å²) in [6, 6.07) is 11.2. The molecule has 3 unspecified atom stereocenters. The maximum Gasteiger partial charge on any atom is 0.119 e. The highest BCUT2D eigenvalue weighted by atomic mass is 16.5. The van der Waals surface area contributed by atoms with Gasteiger partial charge in [0.1, 0.15) is 5.75 Å². The van der Waals surface area contributed by atoms with E-state index in [0.29, 0.717) is 12.1 Å². The molecule has 3 aliphatic rings. The summed E-state index contributed by atoms with van der Waals surface area (Å²) < 4.78 is 6.04. The molecular weight excluding hydrogens is 332 g/mol. The van der Waals surface area contributed by atoms with E-state index >= 15 is 0 Å². The van der Waals surface area contributed by atoms with Crippen LogP contribution in [0.4, 0.5) is 0 Å². The zero-order valence-corrected chi connectivity index (χ0v) is 17.2. The summed E-state index contributed by atoms with van der Waals surface area (Å²) in [5.74, 6) is 1.04. The summed E-state index contributed by atoms with van der Waals surface area (Å²) in [6.45, 7) is 7.11. The van der Waals surface area contributed by atoms with Gasteiger partial charge in [-0.05, 0) is 102 Å². The van der Waals surface area contributed by atoms with E-state index in [1.165, 1.54) is 83.0 Å². The Balaban J connectivity index is 1.21. The number of hydrogen-bond donors (Lipinski definition) is 0. The first-order chi connectivity index (χ1) is 13.3. The van der Waals surface area contributed by atoms with E-state index in [9.17, 15) is 0 Å². The van der Waals surface area contributed by atoms with Gasteiger partial charge in [-0.1, -0.05) is 18.6 Å². The van der Waals surface area contributed by atoms with Crippen molar-refractivity contribution >= 4 is 0 Å². The molecule has 1 aromatic rings. The molecule has 0 radical (unpaired) electrons. The standard InChI is InChI=1S/C24H38N2O/c1-20(25-16-3-2-4-17-25)8-7-19-27-23-14-12-21(13-15-23)24-11-5-9-22-10-6-18-26(22)24/h12-15,20,22,24H,2-11,16-19H2,1H3. The molecule has 3 saturated heterocycles. The van der Waals surface area contributed by atoms with Crippen molar-refractivity contribution in [2.75, 3.05) is 26.2 Å². The van der Waals surface area contributed by atoms with Gasteiger partial charge in [0.25, 0.3) is 0 Å². The summed E-state index contributed by atoms with van der Waals surface area (Å²) >= 11 is 0. The number of nitrogens with zero attached hydrogens (tertiary/aromatic N) is 2. The SMILES string of the molecule is CC(CCCOc1ccc(C2CCCC3CCCN32)cc1)N1CCCCC1. The molecule has 1 aromatic carbocycles. The lowest BCUT2D eigenvalue weighted by Crippen LogP contribution is -2.37. The maximum atomic E-state index is 6.04. The molecule has 4 rings (SSSR count). The Labute approximate surface area is 166 Å². The smallest absolute Gasteiger partial charge is 0.119 e. The van der Waals surface area contributed by atoms with Crippen LogP contribution < -0.4 is 4.74 Å². The van der Waals surface area contributed by atoms with Gasteiger partial charge in [0.15, 0.2) is 0 Å². The molecule has 150 valence electrons. The second-order valence-electron chi connectivity index (χ2n) is 8.99. The van der Waals surface area contributed by atoms with Crippen LogP contribution in [0.25, 0.3) is 0 Å². The van der Waals surface area contributed by atoms with Gasteiger partial charge < -0.3 is 9.64 Å². The highest BCUT2D eigenvalue weighted by molar-refractivity contribution is 5.29. The third-order valence-electron chi connectivity index (χ3n) is 7.15. The molecule has 3 heteroatoms. The number of benzene rings is 1. The van der Waals surface area contributed by atoms with Crippen LogP contribution in [0.3, 0.4) is 0 Å².